The van der Waals surface area contributed by atoms with Gasteiger partial charge in [0.05, 0.1) is 19.2 Å². The number of carboxylic acids is 1. The average molecular weight is 261 g/mol. The van der Waals surface area contributed by atoms with Crippen molar-refractivity contribution < 1.29 is 14.6 Å². The molecule has 0 bridgehead atoms. The van der Waals surface area contributed by atoms with E-state index in [1.807, 2.05) is 6.92 Å². The van der Waals surface area contributed by atoms with Crippen molar-refractivity contribution in [2.24, 2.45) is 0 Å². The minimum atomic E-state index is -0.876. The molecule has 0 saturated carbocycles. The largest absolute Gasteiger partial charge is 0.493 e. The molecule has 0 unspecified atom stereocenters. The first kappa shape index (κ1) is 13.1. The lowest BCUT2D eigenvalue weighted by molar-refractivity contribution is -0.136. The molecule has 1 N–H and O–H groups in total. The number of ether oxygens (including phenoxy) is 1. The van der Waals surface area contributed by atoms with Crippen LogP contribution >= 0.6 is 0 Å². The topological polar surface area (TPSA) is 77.2 Å². The van der Waals surface area contributed by atoms with Crippen molar-refractivity contribution in [1.29, 1.82) is 0 Å². The lowest BCUT2D eigenvalue weighted by Crippen LogP contribution is -2.06. The Balaban J connectivity index is 2.55. The highest BCUT2D eigenvalue weighted by Gasteiger charge is 2.17. The Bertz CT molecular complexity index is 620. The molecule has 0 amide bonds. The van der Waals surface area contributed by atoms with Crippen LogP contribution in [-0.2, 0) is 11.2 Å². The second-order valence-electron chi connectivity index (χ2n) is 4.16. The van der Waals surface area contributed by atoms with Gasteiger partial charge < -0.3 is 9.84 Å². The summed E-state index contributed by atoms with van der Waals surface area (Å²) in [5.41, 5.74) is 2.16. The number of aromatic nitrogens is 3. The van der Waals surface area contributed by atoms with Crippen LogP contribution in [0.2, 0.25) is 0 Å². The monoisotopic (exact) mass is 261 g/mol. The smallest absolute Gasteiger partial charge is 0.307 e. The predicted octanol–water partition coefficient (Wildman–Crippen LogP) is 1.52. The highest BCUT2D eigenvalue weighted by Crippen LogP contribution is 2.23. The average Bonchev–Trinajstić information content (AvgIpc) is 2.66. The second-order valence-corrected chi connectivity index (χ2v) is 4.16. The van der Waals surface area contributed by atoms with Crippen LogP contribution in [0.5, 0.6) is 5.75 Å². The van der Waals surface area contributed by atoms with E-state index in [0.717, 1.165) is 5.69 Å². The fraction of sp³-hybridized carbons (Fsp3) is 0.308. The van der Waals surface area contributed by atoms with Crippen molar-refractivity contribution in [2.45, 2.75) is 20.3 Å². The number of rotatable bonds is 4. The Morgan fingerprint density at radius 2 is 2.21 bits per heavy atom. The van der Waals surface area contributed by atoms with Crippen LogP contribution in [0.4, 0.5) is 0 Å². The van der Waals surface area contributed by atoms with E-state index in [0.29, 0.717) is 22.8 Å². The molecule has 6 nitrogen and oxygen atoms in total. The number of aryl methyl sites for hydroxylation is 1. The summed E-state index contributed by atoms with van der Waals surface area (Å²) in [5.74, 6) is 0.274. The van der Waals surface area contributed by atoms with Crippen LogP contribution in [-0.4, -0.2) is 33.0 Å². The molecule has 2 aromatic heterocycles. The Kier molecular flexibility index (Phi) is 3.50. The molecular weight excluding hydrogens is 246 g/mol. The second kappa shape index (κ2) is 5.09. The van der Waals surface area contributed by atoms with Gasteiger partial charge in [0.25, 0.3) is 0 Å². The minimum absolute atomic E-state index is 0.0488. The van der Waals surface area contributed by atoms with E-state index in [1.165, 1.54) is 0 Å². The maximum absolute atomic E-state index is 10.9. The maximum Gasteiger partial charge on any atom is 0.307 e. The van der Waals surface area contributed by atoms with Crippen LogP contribution < -0.4 is 4.74 Å². The molecule has 0 atom stereocenters. The SMILES string of the molecule is COc1cccnc1-n1nc(C)c(CC(=O)O)c1C. The van der Waals surface area contributed by atoms with E-state index in [9.17, 15) is 4.79 Å². The highest BCUT2D eigenvalue weighted by atomic mass is 16.5. The first-order valence-corrected chi connectivity index (χ1v) is 5.81. The third-order valence-corrected chi connectivity index (χ3v) is 2.94. The normalized spacial score (nSPS) is 10.5. The van der Waals surface area contributed by atoms with E-state index in [4.69, 9.17) is 9.84 Å². The third kappa shape index (κ3) is 2.42. The molecule has 0 aliphatic carbocycles. The molecule has 19 heavy (non-hydrogen) atoms. The number of carboxylic acid groups (broad SMARTS) is 1. The van der Waals surface area contributed by atoms with Gasteiger partial charge in [-0.1, -0.05) is 0 Å². The molecular formula is C13H15N3O3. The molecule has 100 valence electrons. The van der Waals surface area contributed by atoms with Crippen LogP contribution in [0.1, 0.15) is 17.0 Å². The van der Waals surface area contributed by atoms with E-state index >= 15 is 0 Å². The first-order chi connectivity index (χ1) is 9.04. The Morgan fingerprint density at radius 1 is 1.47 bits per heavy atom. The number of pyridine rings is 1. The van der Waals surface area contributed by atoms with Crippen LogP contribution in [0.15, 0.2) is 18.3 Å². The van der Waals surface area contributed by atoms with Gasteiger partial charge in [0.15, 0.2) is 11.6 Å². The van der Waals surface area contributed by atoms with Gasteiger partial charge in [-0.2, -0.15) is 5.10 Å². The highest BCUT2D eigenvalue weighted by molar-refractivity contribution is 5.71. The van der Waals surface area contributed by atoms with Gasteiger partial charge in [-0.05, 0) is 26.0 Å². The summed E-state index contributed by atoms with van der Waals surface area (Å²) in [4.78, 5) is 15.1. The lowest BCUT2D eigenvalue weighted by Gasteiger charge is -2.08. The third-order valence-electron chi connectivity index (χ3n) is 2.94. The van der Waals surface area contributed by atoms with Gasteiger partial charge in [0.1, 0.15) is 0 Å². The zero-order chi connectivity index (χ0) is 14.0. The summed E-state index contributed by atoms with van der Waals surface area (Å²) in [6, 6.07) is 3.56. The van der Waals surface area contributed by atoms with Gasteiger partial charge in [-0.25, -0.2) is 9.67 Å². The number of carbonyl (C=O) groups is 1. The molecule has 0 aromatic carbocycles. The zero-order valence-corrected chi connectivity index (χ0v) is 11.0. The molecule has 6 heteroatoms. The number of nitrogens with zero attached hydrogens (tertiary/aromatic N) is 3. The summed E-state index contributed by atoms with van der Waals surface area (Å²) in [5, 5.41) is 13.3. The van der Waals surface area contributed by atoms with Crippen LogP contribution in [0.3, 0.4) is 0 Å². The fourth-order valence-corrected chi connectivity index (χ4v) is 1.99. The zero-order valence-electron chi connectivity index (χ0n) is 11.0. The number of hydrogen-bond acceptors (Lipinski definition) is 4. The standard InChI is InChI=1S/C13H15N3O3/c1-8-10(7-12(17)18)9(2)16(15-8)13-11(19-3)5-4-6-14-13/h4-6H,7H2,1-3H3,(H,17,18). The molecule has 2 rings (SSSR count). The predicted molar refractivity (Wildman–Crippen MR) is 68.7 cm³/mol. The van der Waals surface area contributed by atoms with Crippen molar-refractivity contribution in [2.75, 3.05) is 7.11 Å². The number of methoxy groups -OCH3 is 1. The number of hydrogen-bond donors (Lipinski definition) is 1. The van der Waals surface area contributed by atoms with Crippen molar-refractivity contribution in [3.63, 3.8) is 0 Å². The van der Waals surface area contributed by atoms with Gasteiger partial charge in [0.2, 0.25) is 0 Å². The quantitative estimate of drug-likeness (QED) is 0.902. The first-order valence-electron chi connectivity index (χ1n) is 5.81. The molecule has 0 aliphatic rings. The van der Waals surface area contributed by atoms with Gasteiger partial charge >= 0.3 is 5.97 Å². The molecule has 0 radical (unpaired) electrons. The summed E-state index contributed by atoms with van der Waals surface area (Å²) in [6.07, 6.45) is 1.60. The lowest BCUT2D eigenvalue weighted by atomic mass is 10.1. The Hall–Kier alpha value is -2.37. The molecule has 0 fully saturated rings. The van der Waals surface area contributed by atoms with Gasteiger partial charge in [-0.15, -0.1) is 0 Å². The van der Waals surface area contributed by atoms with Crippen LogP contribution in [0, 0.1) is 13.8 Å². The van der Waals surface area contributed by atoms with E-state index in [-0.39, 0.29) is 6.42 Å². The Morgan fingerprint density at radius 3 is 2.84 bits per heavy atom. The summed E-state index contributed by atoms with van der Waals surface area (Å²) in [6.45, 7) is 3.61. The van der Waals surface area contributed by atoms with E-state index in [2.05, 4.69) is 10.1 Å². The summed E-state index contributed by atoms with van der Waals surface area (Å²) < 4.78 is 6.86. The van der Waals surface area contributed by atoms with Crippen molar-refractivity contribution in [3.05, 3.63) is 35.3 Å². The summed E-state index contributed by atoms with van der Waals surface area (Å²) in [7, 11) is 1.56. The molecule has 0 aliphatic heterocycles. The molecule has 2 aromatic rings. The molecule has 0 saturated heterocycles. The van der Waals surface area contributed by atoms with E-state index in [1.54, 1.807) is 37.0 Å². The van der Waals surface area contributed by atoms with Crippen LogP contribution in [0.25, 0.3) is 5.82 Å². The Labute approximate surface area is 110 Å². The molecule has 0 spiro atoms. The van der Waals surface area contributed by atoms with Crippen molar-refractivity contribution in [1.82, 2.24) is 14.8 Å². The maximum atomic E-state index is 10.9. The van der Waals surface area contributed by atoms with Crippen molar-refractivity contribution >= 4 is 5.97 Å². The summed E-state index contributed by atoms with van der Waals surface area (Å²) >= 11 is 0. The van der Waals surface area contributed by atoms with Gasteiger partial charge in [-0.3, -0.25) is 4.79 Å². The van der Waals surface area contributed by atoms with Crippen molar-refractivity contribution in [3.8, 4) is 11.6 Å². The number of aliphatic carboxylic acids is 1. The fourth-order valence-electron chi connectivity index (χ4n) is 1.99. The molecule has 2 heterocycles. The van der Waals surface area contributed by atoms with Gasteiger partial charge in [0, 0.05) is 17.5 Å². The van der Waals surface area contributed by atoms with E-state index < -0.39 is 5.97 Å². The minimum Gasteiger partial charge on any atom is -0.493 e.